The molecule has 2 aliphatic rings. The van der Waals surface area contributed by atoms with Crippen LogP contribution in [0.3, 0.4) is 0 Å². The summed E-state index contributed by atoms with van der Waals surface area (Å²) in [5, 5.41) is 12.1. The topological polar surface area (TPSA) is 66.4 Å². The van der Waals surface area contributed by atoms with Gasteiger partial charge in [-0.3, -0.25) is 9.59 Å². The maximum Gasteiger partial charge on any atom is 0.307 e. The molecular formula is C14H23NO3. The molecule has 0 heterocycles. The minimum Gasteiger partial charge on any atom is -0.481 e. The monoisotopic (exact) mass is 253 g/mol. The number of nitrogens with one attached hydrogen (secondary N) is 1. The Balaban J connectivity index is 1.89. The van der Waals surface area contributed by atoms with Gasteiger partial charge in [-0.2, -0.15) is 0 Å². The number of aliphatic carboxylic acids is 1. The zero-order chi connectivity index (χ0) is 13.3. The van der Waals surface area contributed by atoms with E-state index in [4.69, 9.17) is 5.11 Å². The summed E-state index contributed by atoms with van der Waals surface area (Å²) in [6.07, 6.45) is 4.78. The number of carbonyl (C=O) groups excluding carboxylic acids is 1. The molecule has 2 N–H and O–H groups in total. The van der Waals surface area contributed by atoms with Crippen molar-refractivity contribution >= 4 is 11.9 Å². The molecule has 0 spiro atoms. The third kappa shape index (κ3) is 2.52. The molecule has 2 rings (SSSR count). The van der Waals surface area contributed by atoms with Crippen molar-refractivity contribution in [2.75, 3.05) is 0 Å². The van der Waals surface area contributed by atoms with E-state index in [-0.39, 0.29) is 17.9 Å². The Bertz CT molecular complexity index is 342. The molecule has 0 aromatic heterocycles. The standard InChI is InChI=1S/C14H23NO3/c1-8-4-3-5-12(9(8)2)15-13(16)10-6-7-11(10)14(17)18/h8-12H,3-7H2,1-2H3,(H,15,16)(H,17,18). The van der Waals surface area contributed by atoms with Crippen LogP contribution in [0.4, 0.5) is 0 Å². The molecule has 0 aliphatic heterocycles. The maximum atomic E-state index is 12.1. The molecule has 0 saturated heterocycles. The Morgan fingerprint density at radius 2 is 1.72 bits per heavy atom. The highest BCUT2D eigenvalue weighted by molar-refractivity contribution is 5.86. The highest BCUT2D eigenvalue weighted by Crippen LogP contribution is 2.36. The van der Waals surface area contributed by atoms with Crippen LogP contribution in [0.15, 0.2) is 0 Å². The summed E-state index contributed by atoms with van der Waals surface area (Å²) in [6.45, 7) is 4.41. The van der Waals surface area contributed by atoms with Crippen LogP contribution < -0.4 is 5.32 Å². The van der Waals surface area contributed by atoms with E-state index in [0.29, 0.717) is 18.3 Å². The second-order valence-corrected chi connectivity index (χ2v) is 6.01. The summed E-state index contributed by atoms with van der Waals surface area (Å²) in [6, 6.07) is 0.233. The van der Waals surface area contributed by atoms with Crippen LogP contribution in [0.2, 0.25) is 0 Å². The van der Waals surface area contributed by atoms with Gasteiger partial charge in [0.05, 0.1) is 11.8 Å². The third-order valence-electron chi connectivity index (χ3n) is 4.96. The summed E-state index contributed by atoms with van der Waals surface area (Å²) in [5.41, 5.74) is 0. The van der Waals surface area contributed by atoms with E-state index >= 15 is 0 Å². The first-order chi connectivity index (χ1) is 8.50. The van der Waals surface area contributed by atoms with Crippen LogP contribution in [-0.4, -0.2) is 23.0 Å². The molecule has 1 amide bonds. The number of carboxylic acids is 1. The van der Waals surface area contributed by atoms with Crippen molar-refractivity contribution in [3.8, 4) is 0 Å². The minimum absolute atomic E-state index is 0.0420. The van der Waals surface area contributed by atoms with Gasteiger partial charge in [0.1, 0.15) is 0 Å². The zero-order valence-electron chi connectivity index (χ0n) is 11.2. The molecule has 18 heavy (non-hydrogen) atoms. The van der Waals surface area contributed by atoms with Gasteiger partial charge < -0.3 is 10.4 Å². The van der Waals surface area contributed by atoms with Gasteiger partial charge in [0.15, 0.2) is 0 Å². The largest absolute Gasteiger partial charge is 0.481 e. The molecule has 2 aliphatic carbocycles. The number of hydrogen-bond donors (Lipinski definition) is 2. The molecule has 4 nitrogen and oxygen atoms in total. The van der Waals surface area contributed by atoms with E-state index in [1.165, 1.54) is 6.42 Å². The molecule has 0 radical (unpaired) electrons. The molecule has 0 aromatic carbocycles. The van der Waals surface area contributed by atoms with Crippen LogP contribution in [0.5, 0.6) is 0 Å². The minimum atomic E-state index is -0.827. The van der Waals surface area contributed by atoms with Crippen LogP contribution in [0, 0.1) is 23.7 Å². The van der Waals surface area contributed by atoms with Crippen molar-refractivity contribution < 1.29 is 14.7 Å². The van der Waals surface area contributed by atoms with Crippen LogP contribution >= 0.6 is 0 Å². The zero-order valence-corrected chi connectivity index (χ0v) is 11.2. The number of hydrogen-bond acceptors (Lipinski definition) is 2. The lowest BCUT2D eigenvalue weighted by Gasteiger charge is -2.38. The van der Waals surface area contributed by atoms with Gasteiger partial charge in [-0.15, -0.1) is 0 Å². The van der Waals surface area contributed by atoms with E-state index in [2.05, 4.69) is 19.2 Å². The van der Waals surface area contributed by atoms with Gasteiger partial charge in [-0.1, -0.05) is 26.7 Å². The lowest BCUT2D eigenvalue weighted by molar-refractivity contribution is -0.153. The fourth-order valence-corrected chi connectivity index (χ4v) is 3.18. The van der Waals surface area contributed by atoms with Gasteiger partial charge in [-0.25, -0.2) is 0 Å². The van der Waals surface area contributed by atoms with E-state index < -0.39 is 11.9 Å². The molecule has 0 aromatic rings. The maximum absolute atomic E-state index is 12.1. The number of rotatable bonds is 3. The van der Waals surface area contributed by atoms with Crippen molar-refractivity contribution in [1.82, 2.24) is 5.32 Å². The van der Waals surface area contributed by atoms with Crippen molar-refractivity contribution in [2.45, 2.75) is 52.0 Å². The fourth-order valence-electron chi connectivity index (χ4n) is 3.18. The van der Waals surface area contributed by atoms with Gasteiger partial charge in [0.2, 0.25) is 5.91 Å². The quantitative estimate of drug-likeness (QED) is 0.809. The van der Waals surface area contributed by atoms with Crippen LogP contribution in [0.25, 0.3) is 0 Å². The van der Waals surface area contributed by atoms with E-state index in [0.717, 1.165) is 19.3 Å². The van der Waals surface area contributed by atoms with Gasteiger partial charge >= 0.3 is 5.97 Å². The van der Waals surface area contributed by atoms with Gasteiger partial charge in [-0.05, 0) is 31.1 Å². The predicted molar refractivity (Wildman–Crippen MR) is 68.0 cm³/mol. The van der Waals surface area contributed by atoms with E-state index in [1.807, 2.05) is 0 Å². The normalized spacial score (nSPS) is 39.8. The summed E-state index contributed by atoms with van der Waals surface area (Å²) in [5.74, 6) is -0.494. The highest BCUT2D eigenvalue weighted by Gasteiger charge is 2.42. The van der Waals surface area contributed by atoms with Crippen molar-refractivity contribution in [1.29, 1.82) is 0 Å². The van der Waals surface area contributed by atoms with Gasteiger partial charge in [0, 0.05) is 6.04 Å². The average Bonchev–Trinajstić information content (AvgIpc) is 2.22. The number of carboxylic acid groups (broad SMARTS) is 1. The first kappa shape index (κ1) is 13.4. The molecule has 2 fully saturated rings. The molecule has 5 unspecified atom stereocenters. The number of amides is 1. The number of carbonyl (C=O) groups is 2. The van der Waals surface area contributed by atoms with Crippen molar-refractivity contribution in [2.24, 2.45) is 23.7 Å². The molecule has 0 bridgehead atoms. The Morgan fingerprint density at radius 1 is 1.06 bits per heavy atom. The van der Waals surface area contributed by atoms with Crippen molar-refractivity contribution in [3.63, 3.8) is 0 Å². The summed E-state index contributed by atoms with van der Waals surface area (Å²) in [4.78, 5) is 23.0. The van der Waals surface area contributed by atoms with E-state index in [9.17, 15) is 9.59 Å². The fraction of sp³-hybridized carbons (Fsp3) is 0.857. The lowest BCUT2D eigenvalue weighted by atomic mass is 9.72. The summed E-state index contributed by atoms with van der Waals surface area (Å²) < 4.78 is 0. The van der Waals surface area contributed by atoms with Crippen LogP contribution in [-0.2, 0) is 9.59 Å². The molecule has 102 valence electrons. The van der Waals surface area contributed by atoms with Gasteiger partial charge in [0.25, 0.3) is 0 Å². The first-order valence-electron chi connectivity index (χ1n) is 7.04. The average molecular weight is 253 g/mol. The third-order valence-corrected chi connectivity index (χ3v) is 4.96. The Kier molecular flexibility index (Phi) is 3.93. The molecule has 4 heteroatoms. The van der Waals surface area contributed by atoms with E-state index in [1.54, 1.807) is 0 Å². The molecule has 2 saturated carbocycles. The Morgan fingerprint density at radius 3 is 2.28 bits per heavy atom. The highest BCUT2D eigenvalue weighted by atomic mass is 16.4. The lowest BCUT2D eigenvalue weighted by Crippen LogP contribution is -2.50. The summed E-state index contributed by atoms with van der Waals surface area (Å²) >= 11 is 0. The molecule has 5 atom stereocenters. The predicted octanol–water partition coefficient (Wildman–Crippen LogP) is 2.04. The Labute approximate surface area is 108 Å². The Hall–Kier alpha value is -1.06. The van der Waals surface area contributed by atoms with Crippen molar-refractivity contribution in [3.05, 3.63) is 0 Å². The summed E-state index contributed by atoms with van der Waals surface area (Å²) in [7, 11) is 0. The first-order valence-corrected chi connectivity index (χ1v) is 7.04. The molecular weight excluding hydrogens is 230 g/mol. The second kappa shape index (κ2) is 5.29. The SMILES string of the molecule is CC1CCCC(NC(=O)C2CCC2C(=O)O)C1C. The smallest absolute Gasteiger partial charge is 0.307 e. The van der Waals surface area contributed by atoms with Crippen LogP contribution in [0.1, 0.15) is 46.0 Å². The second-order valence-electron chi connectivity index (χ2n) is 6.01.